The first kappa shape index (κ1) is 10.5. The lowest BCUT2D eigenvalue weighted by molar-refractivity contribution is 0.201. The number of rotatable bonds is 3. The third kappa shape index (κ3) is 2.44. The Morgan fingerprint density at radius 2 is 2.43 bits per heavy atom. The lowest BCUT2D eigenvalue weighted by Gasteiger charge is -2.21. The second kappa shape index (κ2) is 4.58. The van der Waals surface area contributed by atoms with E-state index in [9.17, 15) is 5.11 Å². The van der Waals surface area contributed by atoms with E-state index >= 15 is 0 Å². The Morgan fingerprint density at radius 1 is 1.71 bits per heavy atom. The highest BCUT2D eigenvalue weighted by Gasteiger charge is 2.09. The van der Waals surface area contributed by atoms with E-state index < -0.39 is 6.10 Å². The maximum atomic E-state index is 9.20. The number of anilines is 1. The summed E-state index contributed by atoms with van der Waals surface area (Å²) < 4.78 is 0. The molecule has 0 saturated heterocycles. The number of nitriles is 1. The average Bonchev–Trinajstić information content (AvgIpc) is 2.16. The van der Waals surface area contributed by atoms with E-state index in [4.69, 9.17) is 5.26 Å². The number of aliphatic hydroxyl groups is 1. The molecule has 74 valence electrons. The number of aromatic nitrogens is 1. The Labute approximate surface area is 83.4 Å². The van der Waals surface area contributed by atoms with Crippen LogP contribution >= 0.6 is 0 Å². The van der Waals surface area contributed by atoms with E-state index in [1.807, 2.05) is 24.1 Å². The molecule has 0 aromatic carbocycles. The van der Waals surface area contributed by atoms with Gasteiger partial charge >= 0.3 is 0 Å². The Kier molecular flexibility index (Phi) is 3.43. The fraction of sp³-hybridized carbons (Fsp3) is 0.400. The molecule has 4 nitrogen and oxygen atoms in total. The second-order valence-electron chi connectivity index (χ2n) is 3.21. The van der Waals surface area contributed by atoms with E-state index in [1.54, 1.807) is 19.2 Å². The van der Waals surface area contributed by atoms with Gasteiger partial charge in [0, 0.05) is 19.8 Å². The van der Waals surface area contributed by atoms with Crippen LogP contribution < -0.4 is 4.90 Å². The molecule has 1 rings (SSSR count). The highest BCUT2D eigenvalue weighted by Crippen LogP contribution is 2.15. The van der Waals surface area contributed by atoms with Gasteiger partial charge in [-0.3, -0.25) is 0 Å². The molecule has 0 saturated carbocycles. The van der Waals surface area contributed by atoms with Crippen molar-refractivity contribution in [3.63, 3.8) is 0 Å². The Bertz CT molecular complexity index is 343. The molecule has 1 atom stereocenters. The predicted molar refractivity (Wildman–Crippen MR) is 53.9 cm³/mol. The monoisotopic (exact) mass is 191 g/mol. The van der Waals surface area contributed by atoms with Crippen LogP contribution in [0.2, 0.25) is 0 Å². The van der Waals surface area contributed by atoms with E-state index in [0.29, 0.717) is 12.2 Å². The summed E-state index contributed by atoms with van der Waals surface area (Å²) in [5.74, 6) is 0. The van der Waals surface area contributed by atoms with Crippen LogP contribution in [0.1, 0.15) is 12.6 Å². The quantitative estimate of drug-likeness (QED) is 0.766. The Balaban J connectivity index is 2.89. The molecule has 1 aromatic rings. The fourth-order valence-corrected chi connectivity index (χ4v) is 1.29. The van der Waals surface area contributed by atoms with Gasteiger partial charge in [-0.2, -0.15) is 5.26 Å². The van der Waals surface area contributed by atoms with Crippen LogP contribution in [-0.2, 0) is 0 Å². The standard InChI is InChI=1S/C10H13N3O/c1-8(14)7-13(2)10-4-3-5-12-9(10)6-11/h3-5,8,14H,7H2,1-2H3. The van der Waals surface area contributed by atoms with Crippen LogP contribution in [0.4, 0.5) is 5.69 Å². The van der Waals surface area contributed by atoms with Crippen LogP contribution in [0.3, 0.4) is 0 Å². The second-order valence-corrected chi connectivity index (χ2v) is 3.21. The van der Waals surface area contributed by atoms with Crippen molar-refractivity contribution in [2.75, 3.05) is 18.5 Å². The van der Waals surface area contributed by atoms with Crippen LogP contribution in [0.15, 0.2) is 18.3 Å². The molecule has 1 aromatic heterocycles. The van der Waals surface area contributed by atoms with E-state index in [2.05, 4.69) is 4.98 Å². The lowest BCUT2D eigenvalue weighted by atomic mass is 10.2. The molecule has 0 aliphatic carbocycles. The third-order valence-corrected chi connectivity index (χ3v) is 1.84. The first-order valence-electron chi connectivity index (χ1n) is 4.39. The number of nitrogens with zero attached hydrogens (tertiary/aromatic N) is 3. The molecule has 0 radical (unpaired) electrons. The number of pyridine rings is 1. The largest absolute Gasteiger partial charge is 0.392 e. The van der Waals surface area contributed by atoms with Crippen molar-refractivity contribution in [1.29, 1.82) is 5.26 Å². The normalized spacial score (nSPS) is 11.9. The van der Waals surface area contributed by atoms with Crippen LogP contribution in [0.5, 0.6) is 0 Å². The molecular formula is C10H13N3O. The van der Waals surface area contributed by atoms with E-state index in [0.717, 1.165) is 5.69 Å². The van der Waals surface area contributed by atoms with E-state index in [-0.39, 0.29) is 0 Å². The Hall–Kier alpha value is -1.60. The zero-order valence-electron chi connectivity index (χ0n) is 8.31. The number of hydrogen-bond donors (Lipinski definition) is 1. The molecule has 0 fully saturated rings. The molecule has 4 heteroatoms. The summed E-state index contributed by atoms with van der Waals surface area (Å²) in [5, 5.41) is 18.0. The minimum Gasteiger partial charge on any atom is -0.392 e. The Morgan fingerprint density at radius 3 is 3.00 bits per heavy atom. The van der Waals surface area contributed by atoms with Gasteiger partial charge in [0.15, 0.2) is 5.69 Å². The molecule has 1 unspecified atom stereocenters. The van der Waals surface area contributed by atoms with Gasteiger partial charge in [0.05, 0.1) is 11.8 Å². The fourth-order valence-electron chi connectivity index (χ4n) is 1.29. The summed E-state index contributed by atoms with van der Waals surface area (Å²) in [5.41, 5.74) is 1.13. The molecule has 0 aliphatic rings. The first-order chi connectivity index (χ1) is 6.65. The number of likely N-dealkylation sites (N-methyl/N-ethyl adjacent to an activating group) is 1. The summed E-state index contributed by atoms with van der Waals surface area (Å²) in [4.78, 5) is 5.76. The topological polar surface area (TPSA) is 60.1 Å². The summed E-state index contributed by atoms with van der Waals surface area (Å²) >= 11 is 0. The highest BCUT2D eigenvalue weighted by atomic mass is 16.3. The highest BCUT2D eigenvalue weighted by molar-refractivity contribution is 5.55. The summed E-state index contributed by atoms with van der Waals surface area (Å²) in [6, 6.07) is 5.60. The van der Waals surface area contributed by atoms with Crippen LogP contribution in [0.25, 0.3) is 0 Å². The average molecular weight is 191 g/mol. The van der Waals surface area contributed by atoms with Gasteiger partial charge in [-0.1, -0.05) is 0 Å². The number of hydrogen-bond acceptors (Lipinski definition) is 4. The van der Waals surface area contributed by atoms with Crippen molar-refractivity contribution in [2.45, 2.75) is 13.0 Å². The summed E-state index contributed by atoms with van der Waals surface area (Å²) in [6.45, 7) is 2.19. The SMILES string of the molecule is CC(O)CN(C)c1cccnc1C#N. The smallest absolute Gasteiger partial charge is 0.163 e. The maximum Gasteiger partial charge on any atom is 0.163 e. The molecular weight excluding hydrogens is 178 g/mol. The lowest BCUT2D eigenvalue weighted by Crippen LogP contribution is -2.27. The molecule has 14 heavy (non-hydrogen) atoms. The number of aliphatic hydroxyl groups excluding tert-OH is 1. The van der Waals surface area contributed by atoms with Gasteiger partial charge in [-0.15, -0.1) is 0 Å². The van der Waals surface area contributed by atoms with Crippen molar-refractivity contribution in [1.82, 2.24) is 4.98 Å². The molecule has 0 spiro atoms. The van der Waals surface area contributed by atoms with Crippen molar-refractivity contribution in [3.05, 3.63) is 24.0 Å². The van der Waals surface area contributed by atoms with Crippen molar-refractivity contribution >= 4 is 5.69 Å². The minimum atomic E-state index is -0.424. The summed E-state index contributed by atoms with van der Waals surface area (Å²) in [7, 11) is 1.82. The maximum absolute atomic E-state index is 9.20. The molecule has 0 bridgehead atoms. The van der Waals surface area contributed by atoms with Crippen LogP contribution in [-0.4, -0.2) is 29.8 Å². The van der Waals surface area contributed by atoms with Crippen LogP contribution in [0, 0.1) is 11.3 Å². The van der Waals surface area contributed by atoms with Gasteiger partial charge < -0.3 is 10.0 Å². The summed E-state index contributed by atoms with van der Waals surface area (Å²) in [6.07, 6.45) is 1.16. The van der Waals surface area contributed by atoms with Crippen molar-refractivity contribution < 1.29 is 5.11 Å². The zero-order chi connectivity index (χ0) is 10.6. The van der Waals surface area contributed by atoms with Crippen molar-refractivity contribution in [2.24, 2.45) is 0 Å². The van der Waals surface area contributed by atoms with E-state index in [1.165, 1.54) is 0 Å². The molecule has 1 heterocycles. The first-order valence-corrected chi connectivity index (χ1v) is 4.39. The van der Waals surface area contributed by atoms with Crippen molar-refractivity contribution in [3.8, 4) is 6.07 Å². The van der Waals surface area contributed by atoms with Gasteiger partial charge in [-0.25, -0.2) is 4.98 Å². The van der Waals surface area contributed by atoms with Gasteiger partial charge in [-0.05, 0) is 19.1 Å². The predicted octanol–water partition coefficient (Wildman–Crippen LogP) is 0.770. The van der Waals surface area contributed by atoms with Gasteiger partial charge in [0.2, 0.25) is 0 Å². The van der Waals surface area contributed by atoms with Gasteiger partial charge in [0.1, 0.15) is 6.07 Å². The molecule has 1 N–H and O–H groups in total. The van der Waals surface area contributed by atoms with Gasteiger partial charge in [0.25, 0.3) is 0 Å². The zero-order valence-corrected chi connectivity index (χ0v) is 8.31. The molecule has 0 aliphatic heterocycles. The molecule has 0 amide bonds. The third-order valence-electron chi connectivity index (χ3n) is 1.84. The minimum absolute atomic E-state index is 0.385.